The summed E-state index contributed by atoms with van der Waals surface area (Å²) >= 11 is 7.33. The summed E-state index contributed by atoms with van der Waals surface area (Å²) in [4.78, 5) is 28.8. The van der Waals surface area contributed by atoms with Gasteiger partial charge >= 0.3 is 0 Å². The third kappa shape index (κ3) is 4.45. The van der Waals surface area contributed by atoms with E-state index in [1.807, 2.05) is 44.2 Å². The summed E-state index contributed by atoms with van der Waals surface area (Å²) in [5, 5.41) is 6.11. The fourth-order valence-electron chi connectivity index (χ4n) is 2.44. The van der Waals surface area contributed by atoms with E-state index in [9.17, 15) is 9.59 Å². The van der Waals surface area contributed by atoms with Crippen molar-refractivity contribution in [1.82, 2.24) is 5.32 Å². The fraction of sp³-hybridized carbons (Fsp3) is 0.211. The first-order valence-corrected chi connectivity index (χ1v) is 9.36. The van der Waals surface area contributed by atoms with Crippen LogP contribution in [0.15, 0.2) is 47.5 Å². The van der Waals surface area contributed by atoms with E-state index in [1.54, 1.807) is 12.1 Å². The van der Waals surface area contributed by atoms with E-state index in [1.165, 1.54) is 11.8 Å². The van der Waals surface area contributed by atoms with Crippen molar-refractivity contribution < 1.29 is 9.59 Å². The number of aryl methyl sites for hydroxylation is 2. The predicted molar refractivity (Wildman–Crippen MR) is 107 cm³/mol. The predicted octanol–water partition coefficient (Wildman–Crippen LogP) is 4.20. The van der Waals surface area contributed by atoms with E-state index >= 15 is 0 Å². The number of nitrogens with zero attached hydrogens (tertiary/aromatic N) is 1. The number of para-hydroxylation sites is 1. The van der Waals surface area contributed by atoms with Gasteiger partial charge in [-0.2, -0.15) is 0 Å². The van der Waals surface area contributed by atoms with Crippen LogP contribution in [0, 0.1) is 13.8 Å². The lowest BCUT2D eigenvalue weighted by atomic mass is 10.2. The molecule has 2 amide bonds. The van der Waals surface area contributed by atoms with Gasteiger partial charge in [0.15, 0.2) is 5.17 Å². The summed E-state index contributed by atoms with van der Waals surface area (Å²) in [5.41, 5.74) is 3.37. The highest BCUT2D eigenvalue weighted by Crippen LogP contribution is 2.27. The summed E-state index contributed by atoms with van der Waals surface area (Å²) < 4.78 is 0. The molecule has 2 aromatic carbocycles. The van der Waals surface area contributed by atoms with Crippen LogP contribution in [0.3, 0.4) is 0 Å². The highest BCUT2D eigenvalue weighted by atomic mass is 35.5. The fourth-order valence-corrected chi connectivity index (χ4v) is 3.60. The Morgan fingerprint density at radius 3 is 2.73 bits per heavy atom. The van der Waals surface area contributed by atoms with Gasteiger partial charge in [0.25, 0.3) is 0 Å². The molecule has 1 aliphatic heterocycles. The number of amides is 2. The number of halogens is 1. The number of amidine groups is 1. The Kier molecular flexibility index (Phi) is 5.64. The van der Waals surface area contributed by atoms with Gasteiger partial charge in [-0.05, 0) is 43.2 Å². The van der Waals surface area contributed by atoms with E-state index in [2.05, 4.69) is 15.6 Å². The molecule has 1 fully saturated rings. The Morgan fingerprint density at radius 2 is 2.00 bits per heavy atom. The van der Waals surface area contributed by atoms with Gasteiger partial charge in [-0.1, -0.05) is 47.6 Å². The molecule has 2 N–H and O–H groups in total. The minimum Gasteiger partial charge on any atom is -0.326 e. The molecule has 7 heteroatoms. The minimum absolute atomic E-state index is 0.0643. The summed E-state index contributed by atoms with van der Waals surface area (Å²) in [5.74, 6) is -0.450. The Bertz CT molecular complexity index is 898. The number of hydrogen-bond donors (Lipinski definition) is 2. The molecular weight excluding hydrogens is 370 g/mol. The van der Waals surface area contributed by atoms with Gasteiger partial charge in [0.05, 0.1) is 5.69 Å². The number of hydrogen-bond acceptors (Lipinski definition) is 4. The van der Waals surface area contributed by atoms with Crippen LogP contribution in [0.25, 0.3) is 0 Å². The third-order valence-corrected chi connectivity index (χ3v) is 5.43. The van der Waals surface area contributed by atoms with Crippen molar-refractivity contribution in [2.24, 2.45) is 4.99 Å². The molecule has 3 rings (SSSR count). The van der Waals surface area contributed by atoms with Crippen LogP contribution < -0.4 is 10.6 Å². The van der Waals surface area contributed by atoms with Gasteiger partial charge in [-0.15, -0.1) is 0 Å². The lowest BCUT2D eigenvalue weighted by molar-refractivity contribution is -0.122. The van der Waals surface area contributed by atoms with Crippen molar-refractivity contribution in [2.75, 3.05) is 5.32 Å². The van der Waals surface area contributed by atoms with Crippen LogP contribution in [0.4, 0.5) is 11.4 Å². The van der Waals surface area contributed by atoms with Crippen molar-refractivity contribution in [2.45, 2.75) is 25.5 Å². The molecule has 0 aromatic heterocycles. The zero-order chi connectivity index (χ0) is 18.7. The first-order valence-electron chi connectivity index (χ1n) is 8.10. The minimum atomic E-state index is -0.501. The quantitative estimate of drug-likeness (QED) is 0.825. The average Bonchev–Trinajstić information content (AvgIpc) is 2.92. The molecule has 134 valence electrons. The Balaban J connectivity index is 1.63. The summed E-state index contributed by atoms with van der Waals surface area (Å²) in [6, 6.07) is 13.0. The number of rotatable bonds is 4. The number of anilines is 1. The van der Waals surface area contributed by atoms with Crippen molar-refractivity contribution in [3.8, 4) is 0 Å². The van der Waals surface area contributed by atoms with Crippen LogP contribution in [-0.4, -0.2) is 22.2 Å². The molecule has 1 unspecified atom stereocenters. The third-order valence-electron chi connectivity index (χ3n) is 3.94. The lowest BCUT2D eigenvalue weighted by Gasteiger charge is -2.08. The van der Waals surface area contributed by atoms with Crippen molar-refractivity contribution in [3.05, 3.63) is 58.6 Å². The largest absolute Gasteiger partial charge is 0.326 e. The molecule has 1 heterocycles. The smallest absolute Gasteiger partial charge is 0.240 e. The first-order chi connectivity index (χ1) is 12.4. The van der Waals surface area contributed by atoms with Crippen LogP contribution >= 0.6 is 23.4 Å². The summed E-state index contributed by atoms with van der Waals surface area (Å²) in [7, 11) is 0. The highest BCUT2D eigenvalue weighted by Gasteiger charge is 2.32. The molecule has 0 spiro atoms. The molecule has 5 nitrogen and oxygen atoms in total. The van der Waals surface area contributed by atoms with E-state index in [0.717, 1.165) is 16.8 Å². The average molecular weight is 388 g/mol. The van der Waals surface area contributed by atoms with Gasteiger partial charge in [-0.25, -0.2) is 4.99 Å². The van der Waals surface area contributed by atoms with Crippen molar-refractivity contribution in [1.29, 1.82) is 0 Å². The van der Waals surface area contributed by atoms with E-state index in [-0.39, 0.29) is 18.2 Å². The maximum Gasteiger partial charge on any atom is 0.240 e. The molecule has 1 atom stereocenters. The number of nitrogens with one attached hydrogen (secondary N) is 2. The van der Waals surface area contributed by atoms with Crippen LogP contribution in [0.2, 0.25) is 5.02 Å². The number of aliphatic imine (C=N–C) groups is 1. The Morgan fingerprint density at radius 1 is 1.23 bits per heavy atom. The second kappa shape index (κ2) is 7.93. The lowest BCUT2D eigenvalue weighted by Crippen LogP contribution is -2.28. The van der Waals surface area contributed by atoms with E-state index in [0.29, 0.717) is 15.9 Å². The molecule has 0 radical (unpaired) electrons. The molecule has 0 aliphatic carbocycles. The normalized spacial score (nSPS) is 18.0. The molecule has 0 bridgehead atoms. The second-order valence-corrected chi connectivity index (χ2v) is 7.61. The number of carbonyl (C=O) groups is 2. The van der Waals surface area contributed by atoms with Crippen LogP contribution in [0.1, 0.15) is 17.5 Å². The first kappa shape index (κ1) is 18.5. The van der Waals surface area contributed by atoms with Crippen LogP contribution in [-0.2, 0) is 9.59 Å². The maximum absolute atomic E-state index is 12.2. The summed E-state index contributed by atoms with van der Waals surface area (Å²) in [6.07, 6.45) is 0.0643. The zero-order valence-electron chi connectivity index (χ0n) is 14.4. The highest BCUT2D eigenvalue weighted by molar-refractivity contribution is 8.15. The molecule has 26 heavy (non-hydrogen) atoms. The molecule has 0 saturated carbocycles. The van der Waals surface area contributed by atoms with Gasteiger partial charge < -0.3 is 10.6 Å². The topological polar surface area (TPSA) is 70.6 Å². The Labute approximate surface area is 161 Å². The summed E-state index contributed by atoms with van der Waals surface area (Å²) in [6.45, 7) is 3.85. The van der Waals surface area contributed by atoms with E-state index in [4.69, 9.17) is 11.6 Å². The SMILES string of the molecule is Cc1ccc(NC(=O)CC2SC(=Nc3ccccc3C)NC2=O)cc1Cl. The maximum atomic E-state index is 12.2. The molecule has 2 aromatic rings. The van der Waals surface area contributed by atoms with Gasteiger partial charge in [-0.3, -0.25) is 9.59 Å². The molecular formula is C19H18ClN3O2S. The van der Waals surface area contributed by atoms with Crippen molar-refractivity contribution >= 4 is 51.7 Å². The van der Waals surface area contributed by atoms with Gasteiger partial charge in [0, 0.05) is 17.1 Å². The Hall–Kier alpha value is -2.31. The number of benzene rings is 2. The van der Waals surface area contributed by atoms with E-state index < -0.39 is 5.25 Å². The van der Waals surface area contributed by atoms with Crippen molar-refractivity contribution in [3.63, 3.8) is 0 Å². The van der Waals surface area contributed by atoms with Crippen LogP contribution in [0.5, 0.6) is 0 Å². The second-order valence-electron chi connectivity index (χ2n) is 6.02. The molecule has 1 saturated heterocycles. The standard InChI is InChI=1S/C19H18ClN3O2S/c1-11-7-8-13(9-14(11)20)21-17(24)10-16-18(25)23-19(26-16)22-15-6-4-3-5-12(15)2/h3-9,16H,10H2,1-2H3,(H,21,24)(H,22,23,25). The number of thioether (sulfide) groups is 1. The zero-order valence-corrected chi connectivity index (χ0v) is 15.9. The number of carbonyl (C=O) groups excluding carboxylic acids is 2. The monoisotopic (exact) mass is 387 g/mol. The van der Waals surface area contributed by atoms with Gasteiger partial charge in [0.1, 0.15) is 5.25 Å². The molecule has 1 aliphatic rings. The van der Waals surface area contributed by atoms with Gasteiger partial charge in [0.2, 0.25) is 11.8 Å².